The smallest absolute Gasteiger partial charge is 0.322 e. The molecule has 4 rings (SSSR count). The van der Waals surface area contributed by atoms with Crippen LogP contribution in [-0.4, -0.2) is 47.0 Å². The first-order valence-electron chi connectivity index (χ1n) is 10.4. The van der Waals surface area contributed by atoms with Crippen molar-refractivity contribution in [1.29, 1.82) is 0 Å². The van der Waals surface area contributed by atoms with Crippen LogP contribution in [0.4, 0.5) is 10.5 Å². The summed E-state index contributed by atoms with van der Waals surface area (Å²) in [6.07, 6.45) is 5.07. The monoisotopic (exact) mass is 399 g/mol. The van der Waals surface area contributed by atoms with Gasteiger partial charge in [-0.05, 0) is 50.8 Å². The number of anilines is 1. The molecule has 7 heteroatoms. The van der Waals surface area contributed by atoms with Gasteiger partial charge in [-0.3, -0.25) is 14.9 Å². The van der Waals surface area contributed by atoms with E-state index in [1.807, 2.05) is 43.0 Å². The van der Waals surface area contributed by atoms with Crippen LogP contribution in [0.25, 0.3) is 0 Å². The second-order valence-electron chi connectivity index (χ2n) is 9.25. The highest BCUT2D eigenvalue weighted by molar-refractivity contribution is 6.03. The maximum atomic E-state index is 12.9. The van der Waals surface area contributed by atoms with Crippen molar-refractivity contribution in [2.75, 3.05) is 18.4 Å². The molecule has 0 bridgehead atoms. The molecular formula is C22H29N3O4. The number of carbonyl (C=O) groups excluding carboxylic acids is 3. The molecule has 1 unspecified atom stereocenters. The highest BCUT2D eigenvalue weighted by Gasteiger charge is 2.47. The Balaban J connectivity index is 1.38. The van der Waals surface area contributed by atoms with E-state index >= 15 is 0 Å². The number of benzene rings is 1. The van der Waals surface area contributed by atoms with Crippen LogP contribution in [0.5, 0.6) is 0 Å². The Bertz CT molecular complexity index is 812. The maximum absolute atomic E-state index is 12.9. The van der Waals surface area contributed by atoms with Gasteiger partial charge in [-0.1, -0.05) is 25.0 Å². The van der Waals surface area contributed by atoms with Gasteiger partial charge in [0.1, 0.15) is 0 Å². The van der Waals surface area contributed by atoms with Crippen LogP contribution in [0.15, 0.2) is 24.3 Å². The molecular weight excluding hydrogens is 370 g/mol. The Morgan fingerprint density at radius 1 is 1.17 bits per heavy atom. The van der Waals surface area contributed by atoms with Crippen LogP contribution in [0.1, 0.15) is 51.5 Å². The summed E-state index contributed by atoms with van der Waals surface area (Å²) in [7, 11) is 0. The van der Waals surface area contributed by atoms with Crippen LogP contribution in [0, 0.1) is 5.92 Å². The van der Waals surface area contributed by atoms with Gasteiger partial charge < -0.3 is 15.0 Å². The van der Waals surface area contributed by atoms with E-state index in [0.29, 0.717) is 19.5 Å². The zero-order chi connectivity index (χ0) is 20.6. The molecule has 1 aromatic carbocycles. The summed E-state index contributed by atoms with van der Waals surface area (Å²) in [5.41, 5.74) is 1.12. The van der Waals surface area contributed by atoms with E-state index in [4.69, 9.17) is 4.74 Å². The molecule has 3 fully saturated rings. The number of nitrogens with zero attached hydrogens (tertiary/aromatic N) is 1. The number of carbonyl (C=O) groups is 3. The lowest BCUT2D eigenvalue weighted by Crippen LogP contribution is -2.60. The molecule has 2 N–H and O–H groups in total. The Kier molecular flexibility index (Phi) is 5.11. The minimum Gasteiger partial charge on any atom is -0.365 e. The molecule has 1 atom stereocenters. The lowest BCUT2D eigenvalue weighted by Gasteiger charge is -2.48. The van der Waals surface area contributed by atoms with Crippen LogP contribution in [0.3, 0.4) is 0 Å². The molecule has 4 amide bonds. The molecule has 2 saturated heterocycles. The molecule has 2 heterocycles. The molecule has 0 radical (unpaired) electrons. The van der Waals surface area contributed by atoms with E-state index in [1.165, 1.54) is 0 Å². The number of rotatable bonds is 3. The zero-order valence-electron chi connectivity index (χ0n) is 17.1. The minimum atomic E-state index is -0.358. The van der Waals surface area contributed by atoms with Gasteiger partial charge in [-0.25, -0.2) is 4.79 Å². The van der Waals surface area contributed by atoms with Gasteiger partial charge in [0.25, 0.3) is 0 Å². The standard InChI is InChI=1S/C22H29N3O4/c1-21(2)13-25(14-22(29-21)9-3-4-10-22)20(28)23-17-7-5-15(6-8-17)11-16-12-18(26)24-19(16)27/h5-8,16H,3-4,9-14H2,1-2H3,(H,23,28)(H,24,26,27). The summed E-state index contributed by atoms with van der Waals surface area (Å²) in [5, 5.41) is 5.33. The minimum absolute atomic E-state index is 0.110. The number of morpholine rings is 1. The quantitative estimate of drug-likeness (QED) is 0.765. The van der Waals surface area contributed by atoms with Crippen molar-refractivity contribution in [3.63, 3.8) is 0 Å². The van der Waals surface area contributed by atoms with Crippen molar-refractivity contribution in [3.8, 4) is 0 Å². The van der Waals surface area contributed by atoms with Crippen molar-refractivity contribution >= 4 is 23.5 Å². The third kappa shape index (κ3) is 4.45. The van der Waals surface area contributed by atoms with Gasteiger partial charge in [0, 0.05) is 12.1 Å². The fraction of sp³-hybridized carbons (Fsp3) is 0.591. The van der Waals surface area contributed by atoms with Gasteiger partial charge in [0.05, 0.1) is 30.2 Å². The summed E-state index contributed by atoms with van der Waals surface area (Å²) in [4.78, 5) is 37.8. The summed E-state index contributed by atoms with van der Waals surface area (Å²) in [6, 6.07) is 7.37. The van der Waals surface area contributed by atoms with Crippen LogP contribution in [0.2, 0.25) is 0 Å². The largest absolute Gasteiger partial charge is 0.365 e. The normalized spacial score (nSPS) is 25.3. The SMILES string of the molecule is CC1(C)CN(C(=O)Nc2ccc(CC3CC(=O)NC3=O)cc2)CC2(CCCC2)O1. The second kappa shape index (κ2) is 7.44. The Hall–Kier alpha value is -2.41. The van der Waals surface area contributed by atoms with Crippen molar-refractivity contribution in [1.82, 2.24) is 10.2 Å². The van der Waals surface area contributed by atoms with E-state index in [0.717, 1.165) is 36.9 Å². The average molecular weight is 399 g/mol. The fourth-order valence-electron chi connectivity index (χ4n) is 4.92. The highest BCUT2D eigenvalue weighted by Crippen LogP contribution is 2.40. The zero-order valence-corrected chi connectivity index (χ0v) is 17.1. The van der Waals surface area contributed by atoms with Gasteiger partial charge in [0.15, 0.2) is 0 Å². The fourth-order valence-corrected chi connectivity index (χ4v) is 4.92. The van der Waals surface area contributed by atoms with E-state index < -0.39 is 0 Å². The number of hydrogen-bond acceptors (Lipinski definition) is 4. The first kappa shape index (κ1) is 19.9. The number of amides is 4. The number of hydrogen-bond donors (Lipinski definition) is 2. The van der Waals surface area contributed by atoms with E-state index in [9.17, 15) is 14.4 Å². The number of imide groups is 1. The van der Waals surface area contributed by atoms with Crippen LogP contribution < -0.4 is 10.6 Å². The van der Waals surface area contributed by atoms with Gasteiger partial charge in [0.2, 0.25) is 11.8 Å². The number of urea groups is 1. The molecule has 2 aliphatic heterocycles. The van der Waals surface area contributed by atoms with Crippen molar-refractivity contribution < 1.29 is 19.1 Å². The van der Waals surface area contributed by atoms with Gasteiger partial charge in [-0.2, -0.15) is 0 Å². The molecule has 1 aliphatic carbocycles. The van der Waals surface area contributed by atoms with Crippen molar-refractivity contribution in [3.05, 3.63) is 29.8 Å². The lowest BCUT2D eigenvalue weighted by atomic mass is 9.94. The Morgan fingerprint density at radius 3 is 2.48 bits per heavy atom. The molecule has 156 valence electrons. The number of ether oxygens (including phenoxy) is 1. The molecule has 1 aromatic rings. The molecule has 1 spiro atoms. The van der Waals surface area contributed by atoms with Crippen LogP contribution >= 0.6 is 0 Å². The first-order chi connectivity index (χ1) is 13.7. The first-order valence-corrected chi connectivity index (χ1v) is 10.4. The molecule has 7 nitrogen and oxygen atoms in total. The predicted octanol–water partition coefficient (Wildman–Crippen LogP) is 2.85. The van der Waals surface area contributed by atoms with E-state index in [2.05, 4.69) is 10.6 Å². The Labute approximate surface area is 171 Å². The summed E-state index contributed by atoms with van der Waals surface area (Å²) in [6.45, 7) is 5.28. The van der Waals surface area contributed by atoms with E-state index in [1.54, 1.807) is 0 Å². The van der Waals surface area contributed by atoms with Gasteiger partial charge >= 0.3 is 6.03 Å². The molecule has 1 saturated carbocycles. The van der Waals surface area contributed by atoms with Crippen molar-refractivity contribution in [2.45, 2.75) is 63.6 Å². The van der Waals surface area contributed by atoms with Crippen LogP contribution in [-0.2, 0) is 20.7 Å². The predicted molar refractivity (Wildman–Crippen MR) is 108 cm³/mol. The molecule has 0 aromatic heterocycles. The number of nitrogens with one attached hydrogen (secondary N) is 2. The lowest BCUT2D eigenvalue weighted by molar-refractivity contribution is -0.183. The molecule has 3 aliphatic rings. The van der Waals surface area contributed by atoms with E-state index in [-0.39, 0.29) is 41.4 Å². The maximum Gasteiger partial charge on any atom is 0.322 e. The topological polar surface area (TPSA) is 87.7 Å². The summed E-state index contributed by atoms with van der Waals surface area (Å²) < 4.78 is 6.37. The van der Waals surface area contributed by atoms with Gasteiger partial charge in [-0.15, -0.1) is 0 Å². The summed E-state index contributed by atoms with van der Waals surface area (Å²) in [5.74, 6) is -0.721. The third-order valence-corrected chi connectivity index (χ3v) is 6.10. The third-order valence-electron chi connectivity index (χ3n) is 6.10. The second-order valence-corrected chi connectivity index (χ2v) is 9.25. The Morgan fingerprint density at radius 2 is 1.86 bits per heavy atom. The average Bonchev–Trinajstić information content (AvgIpc) is 3.20. The summed E-state index contributed by atoms with van der Waals surface area (Å²) >= 11 is 0. The van der Waals surface area contributed by atoms with Crippen molar-refractivity contribution in [2.24, 2.45) is 5.92 Å². The molecule has 29 heavy (non-hydrogen) atoms. The highest BCUT2D eigenvalue weighted by atomic mass is 16.5.